The van der Waals surface area contributed by atoms with Crippen LogP contribution in [0.25, 0.3) is 0 Å². The molecule has 1 aliphatic rings. The molecule has 2 atom stereocenters. The van der Waals surface area contributed by atoms with E-state index in [4.69, 9.17) is 9.88 Å². The van der Waals surface area contributed by atoms with Crippen molar-refractivity contribution in [3.63, 3.8) is 0 Å². The summed E-state index contributed by atoms with van der Waals surface area (Å²) < 4.78 is 18.8. The summed E-state index contributed by atoms with van der Waals surface area (Å²) in [6.45, 7) is 3.90. The van der Waals surface area contributed by atoms with Gasteiger partial charge in [-0.15, -0.1) is 0 Å². The number of esters is 1. The van der Waals surface area contributed by atoms with E-state index in [1.807, 2.05) is 13.8 Å². The smallest absolute Gasteiger partial charge is 0.309 e. The summed E-state index contributed by atoms with van der Waals surface area (Å²) >= 11 is 1.00. The van der Waals surface area contributed by atoms with Crippen molar-refractivity contribution in [2.45, 2.75) is 24.7 Å². The number of hydrogen-bond acceptors (Lipinski definition) is 4. The number of nitrogens with two attached hydrogens (primary N) is 1. The molecule has 0 aliphatic heterocycles. The molecule has 5 heteroatoms. The fourth-order valence-corrected chi connectivity index (χ4v) is 2.94. The van der Waals surface area contributed by atoms with E-state index >= 15 is 0 Å². The summed E-state index contributed by atoms with van der Waals surface area (Å²) in [5.74, 6) is -0.980. The molecule has 0 amide bonds. The van der Waals surface area contributed by atoms with Crippen molar-refractivity contribution in [2.24, 2.45) is 16.5 Å². The molecule has 2 N–H and O–H groups in total. The van der Waals surface area contributed by atoms with Crippen molar-refractivity contribution < 1.29 is 13.9 Å². The van der Waals surface area contributed by atoms with Gasteiger partial charge >= 0.3 is 5.97 Å². The Balaban J connectivity index is 2.31. The molecule has 1 aromatic carbocycles. The van der Waals surface area contributed by atoms with E-state index in [1.165, 1.54) is 13.2 Å². The molecule has 1 aliphatic carbocycles. The minimum absolute atomic E-state index is 0.123. The van der Waals surface area contributed by atoms with Crippen molar-refractivity contribution in [3.8, 4) is 0 Å². The first kappa shape index (κ1) is 13.4. The molecule has 18 heavy (non-hydrogen) atoms. The molecule has 2 rings (SSSR count). The van der Waals surface area contributed by atoms with Crippen LogP contribution in [0.5, 0.6) is 0 Å². The third-order valence-electron chi connectivity index (χ3n) is 3.73. The summed E-state index contributed by atoms with van der Waals surface area (Å²) in [5.41, 5.74) is 0.305. The lowest BCUT2D eigenvalue weighted by Crippen LogP contribution is -2.07. The Morgan fingerprint density at radius 3 is 2.67 bits per heavy atom. The average molecular weight is 269 g/mol. The highest BCUT2D eigenvalue weighted by molar-refractivity contribution is 7.97. The number of halogens is 1. The highest BCUT2D eigenvalue weighted by Gasteiger charge is 2.63. The molecule has 1 fully saturated rings. The van der Waals surface area contributed by atoms with Gasteiger partial charge in [0.05, 0.1) is 13.0 Å². The Kier molecular flexibility index (Phi) is 3.38. The highest BCUT2D eigenvalue weighted by Crippen LogP contribution is 2.65. The first-order valence-electron chi connectivity index (χ1n) is 5.67. The van der Waals surface area contributed by atoms with Gasteiger partial charge in [0.15, 0.2) is 0 Å². The van der Waals surface area contributed by atoms with Gasteiger partial charge in [-0.2, -0.15) is 0 Å². The molecule has 0 radical (unpaired) electrons. The summed E-state index contributed by atoms with van der Waals surface area (Å²) in [7, 11) is 1.36. The van der Waals surface area contributed by atoms with E-state index in [-0.39, 0.29) is 29.0 Å². The molecule has 3 nitrogen and oxygen atoms in total. The Hall–Kier alpha value is -1.07. The van der Waals surface area contributed by atoms with Gasteiger partial charge in [-0.1, -0.05) is 19.9 Å². The van der Waals surface area contributed by atoms with Crippen molar-refractivity contribution in [1.82, 2.24) is 0 Å². The predicted octanol–water partition coefficient (Wildman–Crippen LogP) is 2.70. The molecule has 0 spiro atoms. The molecule has 2 unspecified atom stereocenters. The fraction of sp³-hybridized carbons (Fsp3) is 0.462. The Morgan fingerprint density at radius 2 is 2.17 bits per heavy atom. The maximum absolute atomic E-state index is 14.0. The summed E-state index contributed by atoms with van der Waals surface area (Å²) in [6, 6.07) is 4.88. The second-order valence-electron chi connectivity index (χ2n) is 5.10. The Labute approximate surface area is 110 Å². The van der Waals surface area contributed by atoms with Crippen molar-refractivity contribution in [3.05, 3.63) is 29.6 Å². The van der Waals surface area contributed by atoms with Crippen LogP contribution in [0, 0.1) is 17.2 Å². The Morgan fingerprint density at radius 1 is 1.50 bits per heavy atom. The van der Waals surface area contributed by atoms with E-state index < -0.39 is 0 Å². The molecule has 1 saturated carbocycles. The number of ether oxygens (including phenoxy) is 1. The van der Waals surface area contributed by atoms with Crippen LogP contribution in [0.15, 0.2) is 23.1 Å². The van der Waals surface area contributed by atoms with Crippen molar-refractivity contribution >= 4 is 17.9 Å². The third-order valence-corrected chi connectivity index (χ3v) is 4.25. The normalized spacial score (nSPS) is 24.7. The van der Waals surface area contributed by atoms with E-state index in [0.717, 1.165) is 11.9 Å². The summed E-state index contributed by atoms with van der Waals surface area (Å²) in [4.78, 5) is 12.3. The monoisotopic (exact) mass is 269 g/mol. The Bertz CT molecular complexity index is 490. The van der Waals surface area contributed by atoms with Gasteiger partial charge in [-0.05, 0) is 35.1 Å². The van der Waals surface area contributed by atoms with Crippen LogP contribution in [0.3, 0.4) is 0 Å². The van der Waals surface area contributed by atoms with Gasteiger partial charge in [0, 0.05) is 10.8 Å². The number of carbonyl (C=O) groups excluding carboxylic acids is 1. The van der Waals surface area contributed by atoms with Crippen LogP contribution in [0.1, 0.15) is 25.3 Å². The molecule has 0 bridgehead atoms. The zero-order valence-electron chi connectivity index (χ0n) is 10.6. The van der Waals surface area contributed by atoms with Crippen LogP contribution >= 0.6 is 11.9 Å². The number of methoxy groups -OCH3 is 1. The molecule has 1 aromatic rings. The molecule has 98 valence electrons. The van der Waals surface area contributed by atoms with Gasteiger partial charge < -0.3 is 4.74 Å². The van der Waals surface area contributed by atoms with Crippen molar-refractivity contribution in [2.75, 3.05) is 7.11 Å². The predicted molar refractivity (Wildman–Crippen MR) is 68.5 cm³/mol. The summed E-state index contributed by atoms with van der Waals surface area (Å²) in [6.07, 6.45) is 0. The second-order valence-corrected chi connectivity index (χ2v) is 5.81. The lowest BCUT2D eigenvalue weighted by Gasteiger charge is -2.05. The van der Waals surface area contributed by atoms with E-state index in [9.17, 15) is 9.18 Å². The maximum atomic E-state index is 14.0. The van der Waals surface area contributed by atoms with Gasteiger partial charge in [0.1, 0.15) is 5.82 Å². The second kappa shape index (κ2) is 4.55. The number of benzene rings is 1. The first-order valence-corrected chi connectivity index (χ1v) is 6.55. The van der Waals surface area contributed by atoms with Gasteiger partial charge in [-0.3, -0.25) is 9.93 Å². The van der Waals surface area contributed by atoms with Crippen LogP contribution in [-0.2, 0) is 9.53 Å². The van der Waals surface area contributed by atoms with Gasteiger partial charge in [0.25, 0.3) is 0 Å². The van der Waals surface area contributed by atoms with Crippen LogP contribution in [-0.4, -0.2) is 13.1 Å². The molecule has 0 aromatic heterocycles. The third kappa shape index (κ3) is 2.01. The average Bonchev–Trinajstić information content (AvgIpc) is 2.90. The van der Waals surface area contributed by atoms with E-state index in [1.54, 1.807) is 12.1 Å². The number of rotatable bonds is 3. The van der Waals surface area contributed by atoms with Gasteiger partial charge in [0.2, 0.25) is 0 Å². The quantitative estimate of drug-likeness (QED) is 0.677. The van der Waals surface area contributed by atoms with Crippen molar-refractivity contribution in [1.29, 1.82) is 0 Å². The first-order chi connectivity index (χ1) is 8.43. The lowest BCUT2D eigenvalue weighted by atomic mass is 10.0. The van der Waals surface area contributed by atoms with E-state index in [0.29, 0.717) is 10.5 Å². The minimum Gasteiger partial charge on any atom is -0.469 e. The molecular formula is C13H16FNO2S. The standard InChI is InChI=1S/C13H16FNO2S/c1-13(2)10(11(13)12(16)17-3)8-5-4-7(18-15)6-9(8)14/h4-6,10-11H,15H2,1-3H3. The zero-order chi connectivity index (χ0) is 13.5. The maximum Gasteiger partial charge on any atom is 0.309 e. The molecular weight excluding hydrogens is 253 g/mol. The highest BCUT2D eigenvalue weighted by atomic mass is 32.2. The van der Waals surface area contributed by atoms with Crippen LogP contribution < -0.4 is 5.14 Å². The topological polar surface area (TPSA) is 52.3 Å². The lowest BCUT2D eigenvalue weighted by molar-refractivity contribution is -0.143. The van der Waals surface area contributed by atoms with Crippen LogP contribution in [0.4, 0.5) is 4.39 Å². The summed E-state index contributed by atoms with van der Waals surface area (Å²) in [5, 5.41) is 5.39. The number of carbonyl (C=O) groups is 1. The SMILES string of the molecule is COC(=O)C1C(c2ccc(SN)cc2F)C1(C)C. The number of hydrogen-bond donors (Lipinski definition) is 1. The molecule has 0 saturated heterocycles. The zero-order valence-corrected chi connectivity index (χ0v) is 11.4. The van der Waals surface area contributed by atoms with Crippen LogP contribution in [0.2, 0.25) is 0 Å². The van der Waals surface area contributed by atoms with E-state index in [2.05, 4.69) is 0 Å². The van der Waals surface area contributed by atoms with Gasteiger partial charge in [-0.25, -0.2) is 4.39 Å². The minimum atomic E-state index is -0.310. The fourth-order valence-electron chi connectivity index (χ4n) is 2.62. The molecule has 0 heterocycles. The largest absolute Gasteiger partial charge is 0.469 e.